The molecule has 5 nitrogen and oxygen atoms in total. The molecular formula is C26H30N4O. The van der Waals surface area contributed by atoms with Crippen molar-refractivity contribution in [1.29, 1.82) is 0 Å². The number of benzene rings is 1. The second kappa shape index (κ2) is 10.3. The lowest BCUT2D eigenvalue weighted by atomic mass is 9.91. The maximum atomic E-state index is 13.5. The third-order valence-electron chi connectivity index (χ3n) is 5.92. The van der Waals surface area contributed by atoms with Gasteiger partial charge in [-0.15, -0.1) is 0 Å². The van der Waals surface area contributed by atoms with Gasteiger partial charge in [0.15, 0.2) is 0 Å². The molecule has 1 aliphatic heterocycles. The molecule has 0 aliphatic carbocycles. The highest BCUT2D eigenvalue weighted by Crippen LogP contribution is 2.27. The monoisotopic (exact) mass is 414 g/mol. The van der Waals surface area contributed by atoms with E-state index >= 15 is 0 Å². The molecule has 5 heteroatoms. The van der Waals surface area contributed by atoms with Crippen molar-refractivity contribution < 1.29 is 4.79 Å². The molecule has 1 aliphatic rings. The van der Waals surface area contributed by atoms with Gasteiger partial charge in [-0.25, -0.2) is 0 Å². The number of rotatable bonds is 7. The minimum Gasteiger partial charge on any atom is -0.341 e. The lowest BCUT2D eigenvalue weighted by Gasteiger charge is -2.24. The molecule has 0 radical (unpaired) electrons. The van der Waals surface area contributed by atoms with E-state index in [0.29, 0.717) is 0 Å². The summed E-state index contributed by atoms with van der Waals surface area (Å²) in [6, 6.07) is 16.6. The van der Waals surface area contributed by atoms with Crippen LogP contribution in [0.2, 0.25) is 0 Å². The highest BCUT2D eigenvalue weighted by atomic mass is 16.2. The number of pyridine rings is 2. The summed E-state index contributed by atoms with van der Waals surface area (Å²) in [6.45, 7) is 6.22. The zero-order valence-corrected chi connectivity index (χ0v) is 18.2. The van der Waals surface area contributed by atoms with E-state index < -0.39 is 0 Å². The first-order valence-corrected chi connectivity index (χ1v) is 11.1. The molecule has 3 aromatic rings. The quantitative estimate of drug-likeness (QED) is 0.585. The number of carbonyl (C=O) groups is 1. The number of hydrogen-bond acceptors (Lipinski definition) is 4. The molecule has 3 heterocycles. The van der Waals surface area contributed by atoms with E-state index in [2.05, 4.69) is 57.0 Å². The second-order valence-corrected chi connectivity index (χ2v) is 8.22. The van der Waals surface area contributed by atoms with E-state index in [-0.39, 0.29) is 11.8 Å². The van der Waals surface area contributed by atoms with E-state index in [0.717, 1.165) is 51.1 Å². The predicted molar refractivity (Wildman–Crippen MR) is 123 cm³/mol. The number of amides is 1. The molecule has 31 heavy (non-hydrogen) atoms. The minimum atomic E-state index is -0.0614. The van der Waals surface area contributed by atoms with Crippen LogP contribution >= 0.6 is 0 Å². The van der Waals surface area contributed by atoms with Crippen molar-refractivity contribution in [3.63, 3.8) is 0 Å². The van der Waals surface area contributed by atoms with Crippen molar-refractivity contribution in [2.75, 3.05) is 26.2 Å². The molecule has 0 bridgehead atoms. The minimum absolute atomic E-state index is 0.0614. The largest absolute Gasteiger partial charge is 0.341 e. The molecule has 4 rings (SSSR count). The summed E-state index contributed by atoms with van der Waals surface area (Å²) < 4.78 is 0. The molecule has 1 saturated heterocycles. The first-order valence-electron chi connectivity index (χ1n) is 11.1. The van der Waals surface area contributed by atoms with E-state index in [9.17, 15) is 4.79 Å². The maximum Gasteiger partial charge on any atom is 0.227 e. The molecular weight excluding hydrogens is 384 g/mol. The molecule has 0 unspecified atom stereocenters. The normalized spacial score (nSPS) is 17.5. The average Bonchev–Trinajstić information content (AvgIpc) is 2.95. The van der Waals surface area contributed by atoms with Gasteiger partial charge in [0.05, 0.1) is 5.92 Å². The third kappa shape index (κ3) is 5.36. The topological polar surface area (TPSA) is 49.3 Å². The van der Waals surface area contributed by atoms with Crippen LogP contribution in [0.3, 0.4) is 0 Å². The fraction of sp³-hybridized carbons (Fsp3) is 0.346. The summed E-state index contributed by atoms with van der Waals surface area (Å²) in [5, 5.41) is 0. The number of hydrogen-bond donors (Lipinski definition) is 0. The van der Waals surface area contributed by atoms with Gasteiger partial charge in [0.1, 0.15) is 0 Å². The molecule has 1 amide bonds. The molecule has 2 aromatic heterocycles. The summed E-state index contributed by atoms with van der Waals surface area (Å²) >= 11 is 0. The van der Waals surface area contributed by atoms with Gasteiger partial charge in [-0.3, -0.25) is 19.7 Å². The zero-order chi connectivity index (χ0) is 21.5. The van der Waals surface area contributed by atoms with Crippen molar-refractivity contribution in [2.24, 2.45) is 5.92 Å². The van der Waals surface area contributed by atoms with Crippen LogP contribution in [0.4, 0.5) is 0 Å². The van der Waals surface area contributed by atoms with Crippen LogP contribution < -0.4 is 0 Å². The van der Waals surface area contributed by atoms with Gasteiger partial charge < -0.3 is 4.90 Å². The summed E-state index contributed by atoms with van der Waals surface area (Å²) in [4.78, 5) is 26.3. The molecule has 0 spiro atoms. The van der Waals surface area contributed by atoms with E-state index in [1.54, 1.807) is 6.20 Å². The Hall–Kier alpha value is -3.05. The Morgan fingerprint density at radius 3 is 2.58 bits per heavy atom. The summed E-state index contributed by atoms with van der Waals surface area (Å²) in [5.74, 6) is 0.216. The Bertz CT molecular complexity index is 977. The lowest BCUT2D eigenvalue weighted by molar-refractivity contribution is -0.134. The van der Waals surface area contributed by atoms with Crippen LogP contribution in [-0.4, -0.2) is 51.9 Å². The van der Waals surface area contributed by atoms with E-state index in [1.165, 1.54) is 16.7 Å². The molecule has 1 fully saturated rings. The Morgan fingerprint density at radius 2 is 1.81 bits per heavy atom. The lowest BCUT2D eigenvalue weighted by Crippen LogP contribution is -2.37. The molecule has 0 saturated carbocycles. The van der Waals surface area contributed by atoms with Gasteiger partial charge in [0.25, 0.3) is 0 Å². The number of carbonyl (C=O) groups excluding carboxylic acids is 1. The molecule has 1 atom stereocenters. The van der Waals surface area contributed by atoms with Gasteiger partial charge in [-0.1, -0.05) is 37.3 Å². The third-order valence-corrected chi connectivity index (χ3v) is 5.92. The van der Waals surface area contributed by atoms with Crippen LogP contribution in [-0.2, 0) is 17.8 Å². The summed E-state index contributed by atoms with van der Waals surface area (Å²) in [6.07, 6.45) is 9.08. The molecule has 160 valence electrons. The highest BCUT2D eigenvalue weighted by Gasteiger charge is 2.30. The number of aromatic nitrogens is 2. The van der Waals surface area contributed by atoms with Gasteiger partial charge in [0.2, 0.25) is 5.91 Å². The fourth-order valence-corrected chi connectivity index (χ4v) is 4.43. The summed E-state index contributed by atoms with van der Waals surface area (Å²) in [7, 11) is 0. The van der Waals surface area contributed by atoms with Crippen LogP contribution in [0.15, 0.2) is 73.3 Å². The Morgan fingerprint density at radius 1 is 0.968 bits per heavy atom. The zero-order valence-electron chi connectivity index (χ0n) is 18.2. The maximum absolute atomic E-state index is 13.5. The van der Waals surface area contributed by atoms with Crippen LogP contribution in [0.1, 0.15) is 24.5 Å². The number of nitrogens with zero attached hydrogens (tertiary/aromatic N) is 4. The average molecular weight is 415 g/mol. The SMILES string of the molecule is CCCN1CCN(Cc2cccnc2)C[C@H](Cc2ccccc2-c2ccncc2)C1=O. The van der Waals surface area contributed by atoms with Gasteiger partial charge >= 0.3 is 0 Å². The first kappa shape index (κ1) is 21.2. The smallest absolute Gasteiger partial charge is 0.227 e. The highest BCUT2D eigenvalue weighted by molar-refractivity contribution is 5.80. The Kier molecular flexibility index (Phi) is 7.05. The van der Waals surface area contributed by atoms with Gasteiger partial charge in [-0.05, 0) is 53.3 Å². The standard InChI is InChI=1S/C26H30N4O/c1-2-14-30-16-15-29(19-21-6-5-11-28-18-21)20-24(26(30)31)17-23-7-3-4-8-25(23)22-9-12-27-13-10-22/h3-13,18,24H,2,14-17,19-20H2,1H3/t24-/m0/s1. The van der Waals surface area contributed by atoms with Crippen LogP contribution in [0.5, 0.6) is 0 Å². The van der Waals surface area contributed by atoms with Crippen LogP contribution in [0.25, 0.3) is 11.1 Å². The van der Waals surface area contributed by atoms with Crippen molar-refractivity contribution in [1.82, 2.24) is 19.8 Å². The van der Waals surface area contributed by atoms with Gasteiger partial charge in [-0.2, -0.15) is 0 Å². The van der Waals surface area contributed by atoms with E-state index in [4.69, 9.17) is 0 Å². The van der Waals surface area contributed by atoms with Crippen LogP contribution in [0, 0.1) is 5.92 Å². The van der Waals surface area contributed by atoms with Crippen molar-refractivity contribution in [3.8, 4) is 11.1 Å². The van der Waals surface area contributed by atoms with Crippen molar-refractivity contribution in [2.45, 2.75) is 26.3 Å². The Balaban J connectivity index is 1.59. The summed E-state index contributed by atoms with van der Waals surface area (Å²) in [5.41, 5.74) is 4.73. The molecule has 1 aromatic carbocycles. The van der Waals surface area contributed by atoms with E-state index in [1.807, 2.05) is 36.8 Å². The van der Waals surface area contributed by atoms with Crippen molar-refractivity contribution in [3.05, 3.63) is 84.4 Å². The Labute approximate surface area is 184 Å². The van der Waals surface area contributed by atoms with Gasteiger partial charge in [0, 0.05) is 57.5 Å². The molecule has 0 N–H and O–H groups in total. The first-order chi connectivity index (χ1) is 15.2. The second-order valence-electron chi connectivity index (χ2n) is 8.22. The fourth-order valence-electron chi connectivity index (χ4n) is 4.43. The predicted octanol–water partition coefficient (Wildman–Crippen LogP) is 4.06. The van der Waals surface area contributed by atoms with Crippen molar-refractivity contribution >= 4 is 5.91 Å².